The van der Waals surface area contributed by atoms with E-state index in [9.17, 15) is 18.0 Å². The summed E-state index contributed by atoms with van der Waals surface area (Å²) in [7, 11) is -1.42. The molecule has 0 fully saturated rings. The van der Waals surface area contributed by atoms with Gasteiger partial charge in [0.05, 0.1) is 24.8 Å². The Hall–Kier alpha value is -4.83. The molecule has 4 rings (SSSR count). The van der Waals surface area contributed by atoms with E-state index in [-0.39, 0.29) is 35.2 Å². The van der Waals surface area contributed by atoms with Crippen LogP contribution in [0.25, 0.3) is 0 Å². The average molecular weight is 672 g/mol. The summed E-state index contributed by atoms with van der Waals surface area (Å²) in [5, 5.41) is 3.05. The van der Waals surface area contributed by atoms with Gasteiger partial charge in [-0.3, -0.25) is 13.9 Å². The molecule has 10 heteroatoms. The highest BCUT2D eigenvalue weighted by molar-refractivity contribution is 7.92. The number of ether oxygens (including phenoxy) is 2. The highest BCUT2D eigenvalue weighted by atomic mass is 32.2. The van der Waals surface area contributed by atoms with Gasteiger partial charge in [-0.25, -0.2) is 8.42 Å². The first-order valence-corrected chi connectivity index (χ1v) is 17.2. The number of carbonyl (C=O) groups excluding carboxylic acids is 2. The van der Waals surface area contributed by atoms with Gasteiger partial charge in [0, 0.05) is 24.6 Å². The van der Waals surface area contributed by atoms with Gasteiger partial charge in [-0.15, -0.1) is 0 Å². The van der Waals surface area contributed by atoms with Crippen LogP contribution in [0.1, 0.15) is 43.0 Å². The molecule has 4 aromatic carbocycles. The Morgan fingerprint density at radius 3 is 2.06 bits per heavy atom. The number of nitrogens with zero attached hydrogens (tertiary/aromatic N) is 2. The lowest BCUT2D eigenvalue weighted by Gasteiger charge is -2.35. The summed E-state index contributed by atoms with van der Waals surface area (Å²) in [5.41, 5.74) is 3.07. The van der Waals surface area contributed by atoms with E-state index in [1.165, 1.54) is 37.3 Å². The summed E-state index contributed by atoms with van der Waals surface area (Å²) in [6.45, 7) is 8.91. The highest BCUT2D eigenvalue weighted by Crippen LogP contribution is 2.36. The summed E-state index contributed by atoms with van der Waals surface area (Å²) >= 11 is 0. The fourth-order valence-corrected chi connectivity index (χ4v) is 6.77. The number of anilines is 1. The van der Waals surface area contributed by atoms with Crippen LogP contribution in [0.4, 0.5) is 5.69 Å². The fourth-order valence-electron chi connectivity index (χ4n) is 5.36. The Morgan fingerprint density at radius 2 is 1.46 bits per heavy atom. The molecule has 0 aliphatic heterocycles. The van der Waals surface area contributed by atoms with E-state index < -0.39 is 34.1 Å². The zero-order valence-electron chi connectivity index (χ0n) is 28.7. The van der Waals surface area contributed by atoms with Crippen molar-refractivity contribution in [3.63, 3.8) is 0 Å². The standard InChI is InChI=1S/C38H45N3O6S/c1-27-16-19-32(20-17-27)48(44,45)41(33-24-31(46-6)18-21-35(33)47-7)26-36(42)40(25-30-15-11-12-28(2)22-30)34(37(43)39-38(3,4)5)23-29-13-9-8-10-14-29/h8-22,24,34H,23,25-26H2,1-7H3,(H,39,43). The van der Waals surface area contributed by atoms with E-state index in [4.69, 9.17) is 9.47 Å². The molecular weight excluding hydrogens is 627 g/mol. The average Bonchev–Trinajstić information content (AvgIpc) is 3.04. The summed E-state index contributed by atoms with van der Waals surface area (Å²) in [4.78, 5) is 30.3. The maximum absolute atomic E-state index is 14.8. The zero-order chi connectivity index (χ0) is 35.1. The molecule has 0 saturated carbocycles. The van der Waals surface area contributed by atoms with E-state index in [1.807, 2.05) is 89.2 Å². The van der Waals surface area contributed by atoms with E-state index in [0.717, 1.165) is 26.6 Å². The largest absolute Gasteiger partial charge is 0.497 e. The molecule has 0 aliphatic rings. The van der Waals surface area contributed by atoms with E-state index in [0.29, 0.717) is 5.75 Å². The normalized spacial score (nSPS) is 12.1. The molecule has 2 amide bonds. The van der Waals surface area contributed by atoms with Crippen LogP contribution in [0.3, 0.4) is 0 Å². The minimum atomic E-state index is -4.32. The second kappa shape index (κ2) is 15.4. The van der Waals surface area contributed by atoms with Crippen molar-refractivity contribution in [1.29, 1.82) is 0 Å². The maximum Gasteiger partial charge on any atom is 0.264 e. The minimum absolute atomic E-state index is 0.00215. The molecule has 9 nitrogen and oxygen atoms in total. The van der Waals surface area contributed by atoms with Gasteiger partial charge in [-0.2, -0.15) is 0 Å². The molecule has 0 spiro atoms. The highest BCUT2D eigenvalue weighted by Gasteiger charge is 2.36. The lowest BCUT2D eigenvalue weighted by Crippen LogP contribution is -2.56. The zero-order valence-corrected chi connectivity index (χ0v) is 29.5. The third-order valence-corrected chi connectivity index (χ3v) is 9.52. The van der Waals surface area contributed by atoms with Crippen molar-refractivity contribution in [2.24, 2.45) is 0 Å². The van der Waals surface area contributed by atoms with E-state index in [2.05, 4.69) is 5.32 Å². The molecule has 1 unspecified atom stereocenters. The molecule has 0 heterocycles. The molecule has 0 radical (unpaired) electrons. The Labute approximate surface area is 284 Å². The van der Waals surface area contributed by atoms with Crippen LogP contribution in [0, 0.1) is 13.8 Å². The maximum atomic E-state index is 14.8. The van der Waals surface area contributed by atoms with Gasteiger partial charge in [0.15, 0.2) is 0 Å². The number of methoxy groups -OCH3 is 2. The number of hydrogen-bond donors (Lipinski definition) is 1. The first-order valence-electron chi connectivity index (χ1n) is 15.7. The monoisotopic (exact) mass is 671 g/mol. The Bertz CT molecular complexity index is 1820. The van der Waals surface area contributed by atoms with Crippen molar-refractivity contribution in [1.82, 2.24) is 10.2 Å². The summed E-state index contributed by atoms with van der Waals surface area (Å²) in [5.74, 6) is -0.303. The van der Waals surface area contributed by atoms with Crippen LogP contribution in [-0.4, -0.2) is 57.5 Å². The molecule has 48 heavy (non-hydrogen) atoms. The van der Waals surface area contributed by atoms with Crippen LogP contribution in [-0.2, 0) is 32.6 Å². The third-order valence-electron chi connectivity index (χ3n) is 7.75. The number of rotatable bonds is 13. The summed E-state index contributed by atoms with van der Waals surface area (Å²) in [6, 6.07) is 27.4. The Balaban J connectivity index is 1.88. The molecule has 1 N–H and O–H groups in total. The first-order chi connectivity index (χ1) is 22.7. The topological polar surface area (TPSA) is 105 Å². The molecular formula is C38H45N3O6S. The predicted molar refractivity (Wildman–Crippen MR) is 189 cm³/mol. The van der Waals surface area contributed by atoms with Gasteiger partial charge in [0.2, 0.25) is 11.8 Å². The van der Waals surface area contributed by atoms with Gasteiger partial charge < -0.3 is 19.7 Å². The Morgan fingerprint density at radius 1 is 0.792 bits per heavy atom. The molecule has 0 aliphatic carbocycles. The summed E-state index contributed by atoms with van der Waals surface area (Å²) < 4.78 is 40.9. The van der Waals surface area contributed by atoms with Gasteiger partial charge in [-0.1, -0.05) is 77.9 Å². The quantitative estimate of drug-likeness (QED) is 0.185. The number of benzene rings is 4. The van der Waals surface area contributed by atoms with Crippen molar-refractivity contribution in [3.05, 3.63) is 119 Å². The molecule has 0 saturated heterocycles. The second-order valence-corrected chi connectivity index (χ2v) is 14.7. The van der Waals surface area contributed by atoms with Crippen molar-refractivity contribution < 1.29 is 27.5 Å². The van der Waals surface area contributed by atoms with Crippen LogP contribution in [0.15, 0.2) is 102 Å². The van der Waals surface area contributed by atoms with Crippen molar-refractivity contribution in [2.45, 2.75) is 64.1 Å². The number of amides is 2. The van der Waals surface area contributed by atoms with Crippen molar-refractivity contribution in [3.8, 4) is 11.5 Å². The SMILES string of the molecule is COc1ccc(OC)c(N(CC(=O)N(Cc2cccc(C)c2)C(Cc2ccccc2)C(=O)NC(C)(C)C)S(=O)(=O)c2ccc(C)cc2)c1. The van der Waals surface area contributed by atoms with Gasteiger partial charge in [-0.05, 0) is 70.0 Å². The predicted octanol–water partition coefficient (Wildman–Crippen LogP) is 6.07. The molecule has 0 aromatic heterocycles. The van der Waals surface area contributed by atoms with Crippen LogP contribution >= 0.6 is 0 Å². The molecule has 1 atom stereocenters. The minimum Gasteiger partial charge on any atom is -0.497 e. The smallest absolute Gasteiger partial charge is 0.264 e. The molecule has 0 bridgehead atoms. The second-order valence-electron chi connectivity index (χ2n) is 12.8. The third kappa shape index (κ3) is 9.16. The Kier molecular flexibility index (Phi) is 11.5. The van der Waals surface area contributed by atoms with Gasteiger partial charge in [0.1, 0.15) is 24.1 Å². The van der Waals surface area contributed by atoms with Crippen LogP contribution < -0.4 is 19.1 Å². The van der Waals surface area contributed by atoms with E-state index >= 15 is 0 Å². The van der Waals surface area contributed by atoms with Gasteiger partial charge in [0.25, 0.3) is 10.0 Å². The van der Waals surface area contributed by atoms with Crippen LogP contribution in [0.5, 0.6) is 11.5 Å². The van der Waals surface area contributed by atoms with Gasteiger partial charge >= 0.3 is 0 Å². The van der Waals surface area contributed by atoms with Crippen LogP contribution in [0.2, 0.25) is 0 Å². The first kappa shape index (κ1) is 36.0. The lowest BCUT2D eigenvalue weighted by atomic mass is 10.0. The molecule has 4 aromatic rings. The fraction of sp³-hybridized carbons (Fsp3) is 0.316. The number of nitrogens with one attached hydrogen (secondary N) is 1. The number of carbonyl (C=O) groups is 2. The number of aryl methyl sites for hydroxylation is 2. The number of hydrogen-bond acceptors (Lipinski definition) is 6. The van der Waals surface area contributed by atoms with Crippen molar-refractivity contribution >= 4 is 27.5 Å². The summed E-state index contributed by atoms with van der Waals surface area (Å²) in [6.07, 6.45) is 0.216. The van der Waals surface area contributed by atoms with E-state index in [1.54, 1.807) is 24.3 Å². The number of sulfonamides is 1. The molecule has 254 valence electrons. The lowest BCUT2D eigenvalue weighted by molar-refractivity contribution is -0.140. The van der Waals surface area contributed by atoms with Crippen molar-refractivity contribution in [2.75, 3.05) is 25.1 Å².